The van der Waals surface area contributed by atoms with Gasteiger partial charge in [-0.2, -0.15) is 0 Å². The average Bonchev–Trinajstić information content (AvgIpc) is 3.18. The monoisotopic (exact) mass is 381 g/mol. The number of nitrogens with zero attached hydrogens (tertiary/aromatic N) is 3. The van der Waals surface area contributed by atoms with Gasteiger partial charge < -0.3 is 4.90 Å². The van der Waals surface area contributed by atoms with Crippen molar-refractivity contribution in [2.45, 2.75) is 19.3 Å². The third-order valence-electron chi connectivity index (χ3n) is 5.40. The van der Waals surface area contributed by atoms with Crippen molar-refractivity contribution in [2.24, 2.45) is 10.9 Å². The molecule has 0 bridgehead atoms. The first-order valence-electron chi connectivity index (χ1n) is 9.61. The standard InChI is InChI=1S/C22H24ClN3O/c23-20-8-4-7-19(16-20)21(27)26-14-11-24-22(26)25-12-9-18(10-13-25)15-17-5-2-1-3-6-17/h1-8,16,18H,9-15H2. The Kier molecular flexibility index (Phi) is 5.44. The fourth-order valence-corrected chi connectivity index (χ4v) is 4.15. The van der Waals surface area contributed by atoms with E-state index in [4.69, 9.17) is 11.6 Å². The molecular formula is C22H24ClN3O. The first-order chi connectivity index (χ1) is 13.2. The van der Waals surface area contributed by atoms with E-state index in [9.17, 15) is 4.79 Å². The third-order valence-corrected chi connectivity index (χ3v) is 5.63. The predicted molar refractivity (Wildman–Crippen MR) is 109 cm³/mol. The Morgan fingerprint density at radius 1 is 1.04 bits per heavy atom. The molecule has 2 aliphatic heterocycles. The lowest BCUT2D eigenvalue weighted by Crippen LogP contribution is -2.48. The van der Waals surface area contributed by atoms with Crippen LogP contribution < -0.4 is 0 Å². The molecule has 2 aromatic rings. The van der Waals surface area contributed by atoms with Crippen molar-refractivity contribution in [2.75, 3.05) is 26.2 Å². The summed E-state index contributed by atoms with van der Waals surface area (Å²) in [5.74, 6) is 1.51. The number of guanidine groups is 1. The SMILES string of the molecule is O=C(c1cccc(Cl)c1)N1CCN=C1N1CCC(Cc2ccccc2)CC1. The summed E-state index contributed by atoms with van der Waals surface area (Å²) in [6.07, 6.45) is 3.40. The molecule has 0 aromatic heterocycles. The molecule has 0 saturated carbocycles. The maximum absolute atomic E-state index is 12.9. The lowest BCUT2D eigenvalue weighted by atomic mass is 9.90. The van der Waals surface area contributed by atoms with E-state index in [2.05, 4.69) is 40.2 Å². The molecule has 0 unspecified atom stereocenters. The number of hydrogen-bond acceptors (Lipinski definition) is 3. The predicted octanol–water partition coefficient (Wildman–Crippen LogP) is 4.11. The van der Waals surface area contributed by atoms with E-state index in [1.807, 2.05) is 17.0 Å². The van der Waals surface area contributed by atoms with Gasteiger partial charge in [-0.1, -0.05) is 48.0 Å². The zero-order valence-corrected chi connectivity index (χ0v) is 16.1. The van der Waals surface area contributed by atoms with Crippen molar-refractivity contribution in [3.63, 3.8) is 0 Å². The lowest BCUT2D eigenvalue weighted by molar-refractivity contribution is 0.0839. The number of likely N-dealkylation sites (tertiary alicyclic amines) is 1. The van der Waals surface area contributed by atoms with Crippen molar-refractivity contribution in [3.05, 3.63) is 70.7 Å². The minimum absolute atomic E-state index is 0.0137. The van der Waals surface area contributed by atoms with Crippen LogP contribution in [-0.2, 0) is 6.42 Å². The van der Waals surface area contributed by atoms with E-state index in [1.54, 1.807) is 12.1 Å². The molecule has 0 radical (unpaired) electrons. The van der Waals surface area contributed by atoms with E-state index in [0.29, 0.717) is 29.6 Å². The van der Waals surface area contributed by atoms with E-state index in [0.717, 1.165) is 38.3 Å². The Morgan fingerprint density at radius 3 is 2.56 bits per heavy atom. The van der Waals surface area contributed by atoms with Gasteiger partial charge in [0.25, 0.3) is 5.91 Å². The molecule has 1 saturated heterocycles. The maximum Gasteiger partial charge on any atom is 0.260 e. The van der Waals surface area contributed by atoms with Gasteiger partial charge in [0.1, 0.15) is 0 Å². The number of aliphatic imine (C=N–C) groups is 1. The van der Waals surface area contributed by atoms with Gasteiger partial charge in [-0.3, -0.25) is 14.7 Å². The number of amides is 1. The Morgan fingerprint density at radius 2 is 1.81 bits per heavy atom. The van der Waals surface area contributed by atoms with Crippen molar-refractivity contribution in [3.8, 4) is 0 Å². The van der Waals surface area contributed by atoms with Gasteiger partial charge in [0.2, 0.25) is 5.96 Å². The van der Waals surface area contributed by atoms with Crippen LogP contribution >= 0.6 is 11.6 Å². The highest BCUT2D eigenvalue weighted by molar-refractivity contribution is 6.31. The number of piperidine rings is 1. The van der Waals surface area contributed by atoms with Crippen LogP contribution in [0.25, 0.3) is 0 Å². The smallest absolute Gasteiger partial charge is 0.260 e. The number of carbonyl (C=O) groups is 1. The molecular weight excluding hydrogens is 358 g/mol. The number of hydrogen-bond donors (Lipinski definition) is 0. The second-order valence-electron chi connectivity index (χ2n) is 7.27. The lowest BCUT2D eigenvalue weighted by Gasteiger charge is -2.36. The molecule has 0 spiro atoms. The minimum Gasteiger partial charge on any atom is -0.342 e. The van der Waals surface area contributed by atoms with Crippen LogP contribution in [0.15, 0.2) is 59.6 Å². The summed E-state index contributed by atoms with van der Waals surface area (Å²) in [5.41, 5.74) is 2.03. The Balaban J connectivity index is 1.38. The summed E-state index contributed by atoms with van der Waals surface area (Å²) in [7, 11) is 0. The Bertz CT molecular complexity index is 828. The minimum atomic E-state index is -0.0137. The van der Waals surface area contributed by atoms with E-state index in [1.165, 1.54) is 5.56 Å². The molecule has 2 aliphatic rings. The number of rotatable bonds is 3. The van der Waals surface area contributed by atoms with Crippen molar-refractivity contribution in [1.82, 2.24) is 9.80 Å². The third kappa shape index (κ3) is 4.16. The van der Waals surface area contributed by atoms with E-state index >= 15 is 0 Å². The normalized spacial score (nSPS) is 17.9. The van der Waals surface area contributed by atoms with Gasteiger partial charge in [-0.15, -0.1) is 0 Å². The molecule has 2 heterocycles. The maximum atomic E-state index is 12.9. The summed E-state index contributed by atoms with van der Waals surface area (Å²) < 4.78 is 0. The molecule has 5 heteroatoms. The fraction of sp³-hybridized carbons (Fsp3) is 0.364. The van der Waals surface area contributed by atoms with Crippen molar-refractivity contribution in [1.29, 1.82) is 0 Å². The van der Waals surface area contributed by atoms with Gasteiger partial charge in [0, 0.05) is 30.2 Å². The van der Waals surface area contributed by atoms with Gasteiger partial charge in [0.05, 0.1) is 6.54 Å². The summed E-state index contributed by atoms with van der Waals surface area (Å²) >= 11 is 6.05. The van der Waals surface area contributed by atoms with Crippen LogP contribution in [0, 0.1) is 5.92 Å². The molecule has 0 aliphatic carbocycles. The highest BCUT2D eigenvalue weighted by Crippen LogP contribution is 2.24. The van der Waals surface area contributed by atoms with Crippen molar-refractivity contribution >= 4 is 23.5 Å². The fourth-order valence-electron chi connectivity index (χ4n) is 3.96. The summed E-state index contributed by atoms with van der Waals surface area (Å²) in [6.45, 7) is 3.22. The van der Waals surface area contributed by atoms with E-state index in [-0.39, 0.29) is 5.91 Å². The van der Waals surface area contributed by atoms with Crippen LogP contribution in [-0.4, -0.2) is 47.8 Å². The van der Waals surface area contributed by atoms with Gasteiger partial charge >= 0.3 is 0 Å². The Hall–Kier alpha value is -2.33. The quantitative estimate of drug-likeness (QED) is 0.802. The van der Waals surface area contributed by atoms with E-state index < -0.39 is 0 Å². The first kappa shape index (κ1) is 18.1. The highest BCUT2D eigenvalue weighted by Gasteiger charge is 2.31. The Labute approximate surface area is 165 Å². The van der Waals surface area contributed by atoms with Crippen LogP contribution in [0.5, 0.6) is 0 Å². The molecule has 1 amide bonds. The largest absolute Gasteiger partial charge is 0.342 e. The topological polar surface area (TPSA) is 35.9 Å². The summed E-state index contributed by atoms with van der Waals surface area (Å²) in [6, 6.07) is 17.8. The number of carbonyl (C=O) groups excluding carboxylic acids is 1. The zero-order chi connectivity index (χ0) is 18.6. The summed E-state index contributed by atoms with van der Waals surface area (Å²) in [4.78, 5) is 21.6. The van der Waals surface area contributed by atoms with Gasteiger partial charge in [-0.05, 0) is 48.9 Å². The first-order valence-corrected chi connectivity index (χ1v) is 9.99. The van der Waals surface area contributed by atoms with Crippen LogP contribution in [0.3, 0.4) is 0 Å². The molecule has 0 atom stereocenters. The average molecular weight is 382 g/mol. The highest BCUT2D eigenvalue weighted by atomic mass is 35.5. The van der Waals surface area contributed by atoms with Crippen LogP contribution in [0.2, 0.25) is 5.02 Å². The molecule has 140 valence electrons. The second-order valence-corrected chi connectivity index (χ2v) is 7.71. The number of benzene rings is 2. The van der Waals surface area contributed by atoms with Crippen molar-refractivity contribution < 1.29 is 4.79 Å². The molecule has 2 aromatic carbocycles. The number of halogens is 1. The molecule has 4 nitrogen and oxygen atoms in total. The van der Waals surface area contributed by atoms with Gasteiger partial charge in [0.15, 0.2) is 0 Å². The van der Waals surface area contributed by atoms with Crippen LogP contribution in [0.4, 0.5) is 0 Å². The zero-order valence-electron chi connectivity index (χ0n) is 15.4. The summed E-state index contributed by atoms with van der Waals surface area (Å²) in [5, 5.41) is 0.584. The molecule has 4 rings (SSSR count). The molecule has 0 N–H and O–H groups in total. The molecule has 1 fully saturated rings. The molecule has 27 heavy (non-hydrogen) atoms. The second kappa shape index (κ2) is 8.13. The van der Waals surface area contributed by atoms with Crippen LogP contribution in [0.1, 0.15) is 28.8 Å². The van der Waals surface area contributed by atoms with Gasteiger partial charge in [-0.25, -0.2) is 0 Å².